The topological polar surface area (TPSA) is 54.5 Å². The van der Waals surface area contributed by atoms with Crippen molar-refractivity contribution in [2.45, 2.75) is 26.7 Å². The van der Waals surface area contributed by atoms with Crippen molar-refractivity contribution in [3.05, 3.63) is 29.8 Å². The molecule has 1 N–H and O–H groups in total. The number of tetrazole rings is 1. The van der Waals surface area contributed by atoms with E-state index in [1.54, 1.807) is 0 Å². The van der Waals surface area contributed by atoms with Gasteiger partial charge in [-0.15, -0.1) is 10.2 Å². The van der Waals surface area contributed by atoms with E-state index in [-0.39, 0.29) is 0 Å². The molecular weight excluding hydrogens is 200 g/mol. The van der Waals surface area contributed by atoms with Crippen LogP contribution in [-0.4, -0.2) is 20.6 Å². The summed E-state index contributed by atoms with van der Waals surface area (Å²) >= 11 is 0. The molecule has 0 aliphatic carbocycles. The van der Waals surface area contributed by atoms with Gasteiger partial charge in [-0.3, -0.25) is 0 Å². The summed E-state index contributed by atoms with van der Waals surface area (Å²) in [5.74, 6) is 1.86. The molecular formula is C12H16N4. The summed E-state index contributed by atoms with van der Waals surface area (Å²) in [7, 11) is 0. The van der Waals surface area contributed by atoms with Crippen molar-refractivity contribution in [1.82, 2.24) is 20.6 Å². The molecule has 1 aromatic heterocycles. The number of nitrogens with zero attached hydrogens (tertiary/aromatic N) is 3. The van der Waals surface area contributed by atoms with Crippen LogP contribution in [-0.2, 0) is 0 Å². The van der Waals surface area contributed by atoms with Crippen LogP contribution in [0.25, 0.3) is 11.4 Å². The Morgan fingerprint density at radius 1 is 1.06 bits per heavy atom. The van der Waals surface area contributed by atoms with Crippen LogP contribution in [0.5, 0.6) is 0 Å². The van der Waals surface area contributed by atoms with Crippen molar-refractivity contribution in [3.8, 4) is 11.4 Å². The molecule has 2 aromatic rings. The highest BCUT2D eigenvalue weighted by atomic mass is 15.5. The number of aromatic nitrogens is 4. The lowest BCUT2D eigenvalue weighted by molar-refractivity contribution is 0.535. The van der Waals surface area contributed by atoms with Crippen molar-refractivity contribution < 1.29 is 0 Å². The summed E-state index contributed by atoms with van der Waals surface area (Å²) in [6.45, 7) is 6.71. The van der Waals surface area contributed by atoms with Crippen LogP contribution < -0.4 is 0 Å². The average Bonchev–Trinajstić information content (AvgIpc) is 2.81. The van der Waals surface area contributed by atoms with Gasteiger partial charge in [0.05, 0.1) is 0 Å². The number of rotatable bonds is 3. The summed E-state index contributed by atoms with van der Waals surface area (Å²) < 4.78 is 0. The Morgan fingerprint density at radius 3 is 2.25 bits per heavy atom. The number of nitrogens with one attached hydrogen (secondary N) is 1. The molecule has 0 amide bonds. The molecule has 0 aliphatic rings. The summed E-state index contributed by atoms with van der Waals surface area (Å²) in [6, 6.07) is 8.35. The second-order valence-corrected chi connectivity index (χ2v) is 4.39. The molecule has 16 heavy (non-hydrogen) atoms. The molecule has 0 fully saturated rings. The molecule has 1 heterocycles. The van der Waals surface area contributed by atoms with E-state index in [2.05, 4.69) is 53.5 Å². The van der Waals surface area contributed by atoms with E-state index in [4.69, 9.17) is 0 Å². The van der Waals surface area contributed by atoms with Gasteiger partial charge in [0, 0.05) is 5.56 Å². The molecule has 2 rings (SSSR count). The largest absolute Gasteiger partial charge is 0.204 e. The van der Waals surface area contributed by atoms with Gasteiger partial charge in [-0.05, 0) is 22.6 Å². The summed E-state index contributed by atoms with van der Waals surface area (Å²) in [5.41, 5.74) is 2.34. The number of H-pyrrole nitrogens is 1. The van der Waals surface area contributed by atoms with E-state index >= 15 is 0 Å². The lowest BCUT2D eigenvalue weighted by Crippen LogP contribution is -2.01. The third kappa shape index (κ3) is 2.10. The Bertz CT molecular complexity index is 431. The van der Waals surface area contributed by atoms with Crippen LogP contribution in [0, 0.1) is 5.92 Å². The summed E-state index contributed by atoms with van der Waals surface area (Å²) in [4.78, 5) is 0. The van der Waals surface area contributed by atoms with Gasteiger partial charge in [0.2, 0.25) is 5.82 Å². The Kier molecular flexibility index (Phi) is 2.99. The Hall–Kier alpha value is -1.71. The van der Waals surface area contributed by atoms with Gasteiger partial charge in [-0.2, -0.15) is 5.21 Å². The first kappa shape index (κ1) is 10.8. The average molecular weight is 216 g/mol. The molecule has 1 unspecified atom stereocenters. The fourth-order valence-corrected chi connectivity index (χ4v) is 1.60. The van der Waals surface area contributed by atoms with Gasteiger partial charge in [-0.1, -0.05) is 45.0 Å². The molecule has 0 saturated carbocycles. The highest BCUT2D eigenvalue weighted by Gasteiger charge is 2.10. The van der Waals surface area contributed by atoms with Crippen molar-refractivity contribution in [3.63, 3.8) is 0 Å². The van der Waals surface area contributed by atoms with Crippen molar-refractivity contribution in [2.75, 3.05) is 0 Å². The zero-order valence-corrected chi connectivity index (χ0v) is 9.81. The van der Waals surface area contributed by atoms with E-state index in [0.29, 0.717) is 17.7 Å². The standard InChI is InChI=1S/C12H16N4/c1-8(2)9(3)10-4-6-11(7-5-10)12-13-15-16-14-12/h4-9H,1-3H3,(H,13,14,15,16). The van der Waals surface area contributed by atoms with Gasteiger partial charge in [-0.25, -0.2) is 0 Å². The maximum Gasteiger partial charge on any atom is 0.204 e. The first-order valence-electron chi connectivity index (χ1n) is 5.52. The maximum absolute atomic E-state index is 3.95. The predicted molar refractivity (Wildman–Crippen MR) is 62.9 cm³/mol. The molecule has 0 bridgehead atoms. The van der Waals surface area contributed by atoms with Crippen LogP contribution in [0.4, 0.5) is 0 Å². The number of benzene rings is 1. The highest BCUT2D eigenvalue weighted by Crippen LogP contribution is 2.25. The lowest BCUT2D eigenvalue weighted by Gasteiger charge is -2.15. The van der Waals surface area contributed by atoms with E-state index in [1.807, 2.05) is 12.1 Å². The van der Waals surface area contributed by atoms with Crippen molar-refractivity contribution >= 4 is 0 Å². The smallest absolute Gasteiger partial charge is 0.177 e. The maximum atomic E-state index is 3.95. The van der Waals surface area contributed by atoms with Crippen LogP contribution in [0.2, 0.25) is 0 Å². The normalized spacial score (nSPS) is 13.0. The molecule has 1 aromatic carbocycles. The summed E-state index contributed by atoms with van der Waals surface area (Å²) in [6.07, 6.45) is 0. The predicted octanol–water partition coefficient (Wildman–Crippen LogP) is 2.63. The van der Waals surface area contributed by atoms with Crippen molar-refractivity contribution in [1.29, 1.82) is 0 Å². The van der Waals surface area contributed by atoms with Gasteiger partial charge in [0.1, 0.15) is 0 Å². The first-order chi connectivity index (χ1) is 7.68. The van der Waals surface area contributed by atoms with Crippen LogP contribution in [0.1, 0.15) is 32.3 Å². The highest BCUT2D eigenvalue weighted by molar-refractivity contribution is 5.54. The Morgan fingerprint density at radius 2 is 1.75 bits per heavy atom. The van der Waals surface area contributed by atoms with Gasteiger partial charge >= 0.3 is 0 Å². The molecule has 0 spiro atoms. The van der Waals surface area contributed by atoms with Crippen LogP contribution in [0.3, 0.4) is 0 Å². The molecule has 4 nitrogen and oxygen atoms in total. The second kappa shape index (κ2) is 4.43. The fourth-order valence-electron chi connectivity index (χ4n) is 1.60. The quantitative estimate of drug-likeness (QED) is 0.858. The molecule has 0 radical (unpaired) electrons. The SMILES string of the molecule is CC(C)C(C)c1ccc(-c2nn[nH]n2)cc1. The Labute approximate surface area is 95.1 Å². The zero-order chi connectivity index (χ0) is 11.5. The first-order valence-corrected chi connectivity index (χ1v) is 5.52. The van der Waals surface area contributed by atoms with Crippen LogP contribution in [0.15, 0.2) is 24.3 Å². The molecule has 0 saturated heterocycles. The Balaban J connectivity index is 2.23. The lowest BCUT2D eigenvalue weighted by atomic mass is 9.90. The molecule has 84 valence electrons. The third-order valence-electron chi connectivity index (χ3n) is 3.04. The summed E-state index contributed by atoms with van der Waals surface area (Å²) in [5, 5.41) is 13.9. The van der Waals surface area contributed by atoms with Gasteiger partial charge in [0.15, 0.2) is 0 Å². The van der Waals surface area contributed by atoms with E-state index in [1.165, 1.54) is 5.56 Å². The number of hydrogen-bond donors (Lipinski definition) is 1. The monoisotopic (exact) mass is 216 g/mol. The number of aromatic amines is 1. The van der Waals surface area contributed by atoms with Gasteiger partial charge < -0.3 is 0 Å². The molecule has 0 aliphatic heterocycles. The van der Waals surface area contributed by atoms with E-state index < -0.39 is 0 Å². The van der Waals surface area contributed by atoms with Crippen molar-refractivity contribution in [2.24, 2.45) is 5.92 Å². The van der Waals surface area contributed by atoms with Crippen LogP contribution >= 0.6 is 0 Å². The minimum absolute atomic E-state index is 0.569. The third-order valence-corrected chi connectivity index (χ3v) is 3.04. The number of hydrogen-bond acceptors (Lipinski definition) is 3. The van der Waals surface area contributed by atoms with Gasteiger partial charge in [0.25, 0.3) is 0 Å². The second-order valence-electron chi connectivity index (χ2n) is 4.39. The molecule has 4 heteroatoms. The molecule has 1 atom stereocenters. The van der Waals surface area contributed by atoms with E-state index in [0.717, 1.165) is 5.56 Å². The minimum atomic E-state index is 0.569. The van der Waals surface area contributed by atoms with E-state index in [9.17, 15) is 0 Å². The minimum Gasteiger partial charge on any atom is -0.177 e. The zero-order valence-electron chi connectivity index (χ0n) is 9.81. The fraction of sp³-hybridized carbons (Fsp3) is 0.417.